The number of ether oxygens (including phenoxy) is 1. The number of nitrogens with two attached hydrogens (primary N) is 1. The van der Waals surface area contributed by atoms with E-state index < -0.39 is 12.2 Å². The van der Waals surface area contributed by atoms with Crippen LogP contribution < -0.4 is 15.4 Å². The van der Waals surface area contributed by atoms with Gasteiger partial charge in [-0.3, -0.25) is 0 Å². The first kappa shape index (κ1) is 22.6. The van der Waals surface area contributed by atoms with Gasteiger partial charge in [-0.25, -0.2) is 9.37 Å². The van der Waals surface area contributed by atoms with Gasteiger partial charge in [-0.15, -0.1) is 13.2 Å². The fraction of sp³-hybridized carbons (Fsp3) is 0.545. The molecule has 6 nitrogen and oxygen atoms in total. The molecule has 0 spiro atoms. The van der Waals surface area contributed by atoms with Crippen molar-refractivity contribution in [2.45, 2.75) is 51.1 Å². The zero-order chi connectivity index (χ0) is 22.7. The Bertz CT molecular complexity index is 913. The van der Waals surface area contributed by atoms with Crippen LogP contribution >= 0.6 is 0 Å². The number of benzene rings is 1. The van der Waals surface area contributed by atoms with Crippen LogP contribution in [0.5, 0.6) is 5.75 Å². The maximum absolute atomic E-state index is 13.6. The molecule has 1 aliphatic carbocycles. The van der Waals surface area contributed by atoms with Crippen molar-refractivity contribution in [3.8, 4) is 5.75 Å². The molecule has 1 saturated heterocycles. The summed E-state index contributed by atoms with van der Waals surface area (Å²) in [7, 11) is 0. The molecule has 1 aromatic heterocycles. The molecule has 2 N–H and O–H groups in total. The molecule has 0 bridgehead atoms. The van der Waals surface area contributed by atoms with Crippen molar-refractivity contribution in [1.82, 2.24) is 14.9 Å². The van der Waals surface area contributed by atoms with Gasteiger partial charge in [-0.1, -0.05) is 18.2 Å². The van der Waals surface area contributed by atoms with E-state index in [4.69, 9.17) is 5.73 Å². The van der Waals surface area contributed by atoms with Crippen LogP contribution in [0.2, 0.25) is 0 Å². The highest BCUT2D eigenvalue weighted by Crippen LogP contribution is 2.33. The highest BCUT2D eigenvalue weighted by molar-refractivity contribution is 5.42. The summed E-state index contributed by atoms with van der Waals surface area (Å²) in [6, 6.07) is 6.60. The molecule has 1 aromatic carbocycles. The fourth-order valence-electron chi connectivity index (χ4n) is 4.51. The number of alkyl halides is 3. The van der Waals surface area contributed by atoms with Crippen molar-refractivity contribution in [3.05, 3.63) is 41.8 Å². The summed E-state index contributed by atoms with van der Waals surface area (Å²) in [6.45, 7) is 2.96. The third-order valence-corrected chi connectivity index (χ3v) is 6.30. The van der Waals surface area contributed by atoms with Crippen molar-refractivity contribution in [2.75, 3.05) is 30.3 Å². The molecule has 0 radical (unpaired) electrons. The normalized spacial score (nSPS) is 21.8. The molecule has 4 rings (SSSR count). The molecule has 174 valence electrons. The first-order chi connectivity index (χ1) is 15.3. The van der Waals surface area contributed by atoms with E-state index in [0.717, 1.165) is 31.9 Å². The first-order valence-corrected chi connectivity index (χ1v) is 10.9. The van der Waals surface area contributed by atoms with E-state index >= 15 is 0 Å². The van der Waals surface area contributed by atoms with Gasteiger partial charge < -0.3 is 20.3 Å². The quantitative estimate of drug-likeness (QED) is 0.628. The molecule has 2 heterocycles. The number of nitrogen functional groups attached to an aromatic ring is 1. The topological polar surface area (TPSA) is 67.5 Å². The number of para-hydroxylation sites is 1. The molecular weight excluding hydrogens is 426 g/mol. The average molecular weight is 453 g/mol. The Morgan fingerprint density at radius 1 is 1.12 bits per heavy atom. The molecule has 0 amide bonds. The van der Waals surface area contributed by atoms with E-state index in [1.165, 1.54) is 31.6 Å². The smallest absolute Gasteiger partial charge is 0.405 e. The summed E-state index contributed by atoms with van der Waals surface area (Å²) < 4.78 is 56.4. The SMILES string of the molecule is Nc1nc(N(Cc2ccccc2OC(F)(F)F)CC2CCC(N3CCC3)CC2)ncc1F. The largest absolute Gasteiger partial charge is 0.573 e. The number of hydrogen-bond donors (Lipinski definition) is 1. The lowest BCUT2D eigenvalue weighted by Crippen LogP contribution is -2.47. The van der Waals surface area contributed by atoms with Crippen molar-refractivity contribution in [2.24, 2.45) is 5.92 Å². The summed E-state index contributed by atoms with van der Waals surface area (Å²) in [6.07, 6.45) is 1.66. The Morgan fingerprint density at radius 3 is 2.47 bits per heavy atom. The number of rotatable bonds is 7. The Kier molecular flexibility index (Phi) is 6.68. The van der Waals surface area contributed by atoms with Gasteiger partial charge in [0.05, 0.1) is 6.20 Å². The van der Waals surface area contributed by atoms with Crippen LogP contribution in [0.15, 0.2) is 30.5 Å². The molecule has 0 unspecified atom stereocenters. The molecule has 32 heavy (non-hydrogen) atoms. The van der Waals surface area contributed by atoms with Crippen molar-refractivity contribution >= 4 is 11.8 Å². The van der Waals surface area contributed by atoms with Crippen LogP contribution in [0, 0.1) is 11.7 Å². The van der Waals surface area contributed by atoms with Gasteiger partial charge in [0, 0.05) is 24.7 Å². The minimum Gasteiger partial charge on any atom is -0.405 e. The predicted molar refractivity (Wildman–Crippen MR) is 113 cm³/mol. The van der Waals surface area contributed by atoms with Crippen LogP contribution in [-0.2, 0) is 6.54 Å². The number of hydrogen-bond acceptors (Lipinski definition) is 6. The second-order valence-electron chi connectivity index (χ2n) is 8.50. The summed E-state index contributed by atoms with van der Waals surface area (Å²) in [5, 5.41) is 0. The molecule has 2 fully saturated rings. The van der Waals surface area contributed by atoms with Crippen LogP contribution in [0.3, 0.4) is 0 Å². The van der Waals surface area contributed by atoms with Crippen molar-refractivity contribution < 1.29 is 22.3 Å². The molecule has 2 aliphatic rings. The molecule has 2 aromatic rings. The Hall–Kier alpha value is -2.62. The van der Waals surface area contributed by atoms with E-state index in [9.17, 15) is 17.6 Å². The fourth-order valence-corrected chi connectivity index (χ4v) is 4.51. The van der Waals surface area contributed by atoms with Crippen LogP contribution in [0.25, 0.3) is 0 Å². The first-order valence-electron chi connectivity index (χ1n) is 10.9. The lowest BCUT2D eigenvalue weighted by molar-refractivity contribution is -0.274. The third-order valence-electron chi connectivity index (χ3n) is 6.30. The predicted octanol–water partition coefficient (Wildman–Crippen LogP) is 4.37. The number of likely N-dealkylation sites (tertiary alicyclic amines) is 1. The highest BCUT2D eigenvalue weighted by atomic mass is 19.4. The lowest BCUT2D eigenvalue weighted by atomic mass is 9.84. The number of nitrogens with zero attached hydrogens (tertiary/aromatic N) is 4. The van der Waals surface area contributed by atoms with Gasteiger partial charge in [-0.2, -0.15) is 4.98 Å². The number of halogens is 4. The van der Waals surface area contributed by atoms with E-state index in [1.807, 2.05) is 0 Å². The summed E-state index contributed by atoms with van der Waals surface area (Å²) in [5.74, 6) is -0.777. The monoisotopic (exact) mass is 453 g/mol. The number of anilines is 2. The average Bonchev–Trinajstić information content (AvgIpc) is 2.70. The van der Waals surface area contributed by atoms with E-state index in [0.29, 0.717) is 24.1 Å². The highest BCUT2D eigenvalue weighted by Gasteiger charge is 2.33. The number of aromatic nitrogens is 2. The third kappa shape index (κ3) is 5.59. The molecular formula is C22H27F4N5O. The minimum absolute atomic E-state index is 0.0867. The summed E-state index contributed by atoms with van der Waals surface area (Å²) in [5.41, 5.74) is 5.98. The second-order valence-corrected chi connectivity index (χ2v) is 8.50. The van der Waals surface area contributed by atoms with E-state index in [1.54, 1.807) is 17.0 Å². The van der Waals surface area contributed by atoms with Gasteiger partial charge in [0.25, 0.3) is 0 Å². The molecule has 1 saturated carbocycles. The van der Waals surface area contributed by atoms with Gasteiger partial charge >= 0.3 is 6.36 Å². The van der Waals surface area contributed by atoms with Crippen molar-refractivity contribution in [3.63, 3.8) is 0 Å². The van der Waals surface area contributed by atoms with Crippen LogP contribution in [-0.4, -0.2) is 46.9 Å². The van der Waals surface area contributed by atoms with Gasteiger partial charge in [-0.05, 0) is 57.2 Å². The van der Waals surface area contributed by atoms with Gasteiger partial charge in [0.1, 0.15) is 5.75 Å². The molecule has 10 heteroatoms. The standard InChI is InChI=1S/C22H27F4N5O/c23-18-12-28-21(29-20(18)27)31(13-15-6-8-17(9-7-15)30-10-3-11-30)14-16-4-1-2-5-19(16)32-22(24,25)26/h1-2,4-5,12,15,17H,3,6-11,13-14H2,(H2,27,28,29). The van der Waals surface area contributed by atoms with Gasteiger partial charge in [0.15, 0.2) is 11.6 Å². The van der Waals surface area contributed by atoms with Crippen molar-refractivity contribution in [1.29, 1.82) is 0 Å². The lowest BCUT2D eigenvalue weighted by Gasteiger charge is -2.42. The maximum atomic E-state index is 13.6. The Balaban J connectivity index is 1.52. The molecule has 0 atom stereocenters. The zero-order valence-corrected chi connectivity index (χ0v) is 17.7. The maximum Gasteiger partial charge on any atom is 0.573 e. The van der Waals surface area contributed by atoms with Gasteiger partial charge in [0.2, 0.25) is 5.95 Å². The van der Waals surface area contributed by atoms with E-state index in [2.05, 4.69) is 19.6 Å². The Morgan fingerprint density at radius 2 is 1.84 bits per heavy atom. The summed E-state index contributed by atoms with van der Waals surface area (Å²) in [4.78, 5) is 12.4. The second kappa shape index (κ2) is 9.48. The van der Waals surface area contributed by atoms with E-state index in [-0.39, 0.29) is 24.1 Å². The van der Waals surface area contributed by atoms with Crippen LogP contribution in [0.4, 0.5) is 29.3 Å². The summed E-state index contributed by atoms with van der Waals surface area (Å²) >= 11 is 0. The van der Waals surface area contributed by atoms with Crippen LogP contribution in [0.1, 0.15) is 37.7 Å². The Labute approximate surface area is 184 Å². The minimum atomic E-state index is -4.80. The molecule has 1 aliphatic heterocycles. The zero-order valence-electron chi connectivity index (χ0n) is 17.7.